The molecule has 7 nitrogen and oxygen atoms in total. The number of nitrogens with zero attached hydrogens (tertiary/aromatic N) is 4. The molecule has 4 aromatic rings. The lowest BCUT2D eigenvalue weighted by molar-refractivity contribution is 0.102. The van der Waals surface area contributed by atoms with Crippen molar-refractivity contribution in [1.82, 2.24) is 20.0 Å². The highest BCUT2D eigenvalue weighted by Gasteiger charge is 2.18. The monoisotopic (exact) mass is 405 g/mol. The number of nitrogens with one attached hydrogen (secondary N) is 1. The summed E-state index contributed by atoms with van der Waals surface area (Å²) in [5, 5.41) is 11.5. The number of carbonyl (C=O) groups is 1. The molecular formula is C21H19N5O2S. The smallest absolute Gasteiger partial charge is 0.279 e. The predicted molar refractivity (Wildman–Crippen MR) is 112 cm³/mol. The van der Waals surface area contributed by atoms with E-state index in [9.17, 15) is 4.79 Å². The Hall–Kier alpha value is -3.52. The average Bonchev–Trinajstić information content (AvgIpc) is 3.35. The van der Waals surface area contributed by atoms with Crippen molar-refractivity contribution >= 4 is 22.4 Å². The summed E-state index contributed by atoms with van der Waals surface area (Å²) in [4.78, 5) is 18.1. The van der Waals surface area contributed by atoms with Crippen LogP contribution in [0.3, 0.4) is 0 Å². The first kappa shape index (κ1) is 18.8. The van der Waals surface area contributed by atoms with Gasteiger partial charge < -0.3 is 4.74 Å². The largest absolute Gasteiger partial charge is 0.497 e. The SMILES string of the molecule is COc1ccc(-n2nnc(C(=O)Nc3ncc(Cc4ccccc4)s3)c2C)cc1. The minimum atomic E-state index is -0.331. The summed E-state index contributed by atoms with van der Waals surface area (Å²) in [6.45, 7) is 1.81. The van der Waals surface area contributed by atoms with Gasteiger partial charge in [-0.2, -0.15) is 0 Å². The number of hydrogen-bond acceptors (Lipinski definition) is 6. The van der Waals surface area contributed by atoms with Crippen LogP contribution in [-0.2, 0) is 6.42 Å². The maximum atomic E-state index is 12.7. The Morgan fingerprint density at radius 2 is 1.90 bits per heavy atom. The van der Waals surface area contributed by atoms with E-state index in [4.69, 9.17) is 4.74 Å². The molecule has 0 aliphatic carbocycles. The van der Waals surface area contributed by atoms with E-state index in [0.717, 1.165) is 22.7 Å². The van der Waals surface area contributed by atoms with Crippen LogP contribution in [0.25, 0.3) is 5.69 Å². The molecule has 2 heterocycles. The molecule has 2 aromatic carbocycles. The van der Waals surface area contributed by atoms with Gasteiger partial charge in [0.2, 0.25) is 0 Å². The Morgan fingerprint density at radius 1 is 1.14 bits per heavy atom. The fourth-order valence-corrected chi connectivity index (χ4v) is 3.75. The highest BCUT2D eigenvalue weighted by atomic mass is 32.1. The van der Waals surface area contributed by atoms with Crippen molar-refractivity contribution in [3.8, 4) is 11.4 Å². The Morgan fingerprint density at radius 3 is 2.62 bits per heavy atom. The Labute approximate surface area is 172 Å². The van der Waals surface area contributed by atoms with Crippen molar-refractivity contribution in [3.05, 3.63) is 82.6 Å². The molecule has 146 valence electrons. The van der Waals surface area contributed by atoms with Gasteiger partial charge in [0.15, 0.2) is 10.8 Å². The van der Waals surface area contributed by atoms with Crippen LogP contribution < -0.4 is 10.1 Å². The fraction of sp³-hybridized carbons (Fsp3) is 0.143. The number of rotatable bonds is 6. The third-order valence-corrected chi connectivity index (χ3v) is 5.33. The number of methoxy groups -OCH3 is 1. The molecule has 1 N–H and O–H groups in total. The Bertz CT molecular complexity index is 1120. The zero-order valence-electron chi connectivity index (χ0n) is 16.0. The Kier molecular flexibility index (Phi) is 5.35. The predicted octanol–water partition coefficient (Wildman–Crippen LogP) is 3.88. The van der Waals surface area contributed by atoms with Crippen molar-refractivity contribution in [2.24, 2.45) is 0 Å². The molecule has 0 bridgehead atoms. The van der Waals surface area contributed by atoms with E-state index < -0.39 is 0 Å². The van der Waals surface area contributed by atoms with Gasteiger partial charge in [-0.1, -0.05) is 35.5 Å². The summed E-state index contributed by atoms with van der Waals surface area (Å²) in [6.07, 6.45) is 2.56. The normalized spacial score (nSPS) is 10.7. The first-order valence-electron chi connectivity index (χ1n) is 9.01. The van der Waals surface area contributed by atoms with Crippen LogP contribution in [0, 0.1) is 6.92 Å². The molecule has 0 aliphatic rings. The lowest BCUT2D eigenvalue weighted by atomic mass is 10.1. The number of carbonyl (C=O) groups excluding carboxylic acids is 1. The molecule has 0 saturated heterocycles. The lowest BCUT2D eigenvalue weighted by Crippen LogP contribution is -2.14. The van der Waals surface area contributed by atoms with Crippen LogP contribution in [0.2, 0.25) is 0 Å². The zero-order valence-corrected chi connectivity index (χ0v) is 16.8. The molecule has 8 heteroatoms. The number of anilines is 1. The van der Waals surface area contributed by atoms with Crippen molar-refractivity contribution in [2.45, 2.75) is 13.3 Å². The molecule has 0 spiro atoms. The molecule has 0 saturated carbocycles. The summed E-state index contributed by atoms with van der Waals surface area (Å²) >= 11 is 1.45. The number of aromatic nitrogens is 4. The molecule has 0 unspecified atom stereocenters. The van der Waals surface area contributed by atoms with E-state index in [1.807, 2.05) is 49.4 Å². The van der Waals surface area contributed by atoms with Crippen LogP contribution in [0.15, 0.2) is 60.8 Å². The average molecular weight is 405 g/mol. The standard InChI is InChI=1S/C21H19N5O2S/c1-14-19(24-25-26(14)16-8-10-17(28-2)11-9-16)20(27)23-21-22-13-18(29-21)12-15-6-4-3-5-7-15/h3-11,13H,12H2,1-2H3,(H,22,23,27). The molecule has 0 fully saturated rings. The second kappa shape index (κ2) is 8.24. The van der Waals surface area contributed by atoms with Gasteiger partial charge in [0.1, 0.15) is 5.75 Å². The molecular weight excluding hydrogens is 386 g/mol. The van der Waals surface area contributed by atoms with Crippen LogP contribution in [-0.4, -0.2) is 33.0 Å². The van der Waals surface area contributed by atoms with E-state index in [1.54, 1.807) is 18.0 Å². The quantitative estimate of drug-likeness (QED) is 0.526. The third kappa shape index (κ3) is 4.17. The second-order valence-electron chi connectivity index (χ2n) is 6.38. The third-order valence-electron chi connectivity index (χ3n) is 4.42. The van der Waals surface area contributed by atoms with Gasteiger partial charge in [-0.3, -0.25) is 10.1 Å². The summed E-state index contributed by atoms with van der Waals surface area (Å²) < 4.78 is 6.79. The summed E-state index contributed by atoms with van der Waals surface area (Å²) in [7, 11) is 1.61. The number of ether oxygens (including phenoxy) is 1. The van der Waals surface area contributed by atoms with Gasteiger partial charge in [0, 0.05) is 17.5 Å². The first-order valence-corrected chi connectivity index (χ1v) is 9.82. The maximum Gasteiger partial charge on any atom is 0.279 e. The van der Waals surface area contributed by atoms with Crippen LogP contribution in [0.5, 0.6) is 5.75 Å². The number of hydrogen-bond donors (Lipinski definition) is 1. The van der Waals surface area contributed by atoms with Gasteiger partial charge in [-0.15, -0.1) is 16.4 Å². The summed E-state index contributed by atoms with van der Waals surface area (Å²) in [5.41, 5.74) is 2.91. The van der Waals surface area contributed by atoms with Gasteiger partial charge in [0.25, 0.3) is 5.91 Å². The lowest BCUT2D eigenvalue weighted by Gasteiger charge is -2.05. The van der Waals surface area contributed by atoms with E-state index >= 15 is 0 Å². The molecule has 2 aromatic heterocycles. The van der Waals surface area contributed by atoms with Crippen molar-refractivity contribution in [1.29, 1.82) is 0 Å². The minimum Gasteiger partial charge on any atom is -0.497 e. The first-order chi connectivity index (χ1) is 14.1. The number of thiazole rings is 1. The van der Waals surface area contributed by atoms with E-state index in [2.05, 4.69) is 32.7 Å². The van der Waals surface area contributed by atoms with Crippen LogP contribution in [0.1, 0.15) is 26.6 Å². The number of amides is 1. The molecule has 0 atom stereocenters. The molecule has 29 heavy (non-hydrogen) atoms. The molecule has 0 radical (unpaired) electrons. The van der Waals surface area contributed by atoms with Gasteiger partial charge in [-0.05, 0) is 36.8 Å². The van der Waals surface area contributed by atoms with Crippen molar-refractivity contribution in [3.63, 3.8) is 0 Å². The van der Waals surface area contributed by atoms with E-state index in [0.29, 0.717) is 10.8 Å². The van der Waals surface area contributed by atoms with Gasteiger partial charge in [0.05, 0.1) is 18.5 Å². The van der Waals surface area contributed by atoms with Crippen molar-refractivity contribution < 1.29 is 9.53 Å². The van der Waals surface area contributed by atoms with Gasteiger partial charge >= 0.3 is 0 Å². The zero-order chi connectivity index (χ0) is 20.2. The fourth-order valence-electron chi connectivity index (χ4n) is 2.91. The van der Waals surface area contributed by atoms with E-state index in [1.165, 1.54) is 16.9 Å². The maximum absolute atomic E-state index is 12.7. The Balaban J connectivity index is 1.47. The topological polar surface area (TPSA) is 81.9 Å². The van der Waals surface area contributed by atoms with Crippen LogP contribution >= 0.6 is 11.3 Å². The summed E-state index contributed by atoms with van der Waals surface area (Å²) in [5.74, 6) is 0.419. The highest BCUT2D eigenvalue weighted by molar-refractivity contribution is 7.15. The highest BCUT2D eigenvalue weighted by Crippen LogP contribution is 2.22. The molecule has 1 amide bonds. The summed E-state index contributed by atoms with van der Waals surface area (Å²) in [6, 6.07) is 17.5. The number of benzene rings is 2. The second-order valence-corrected chi connectivity index (χ2v) is 7.50. The minimum absolute atomic E-state index is 0.264. The van der Waals surface area contributed by atoms with Crippen molar-refractivity contribution in [2.75, 3.05) is 12.4 Å². The molecule has 0 aliphatic heterocycles. The molecule has 4 rings (SSSR count). The van der Waals surface area contributed by atoms with E-state index in [-0.39, 0.29) is 11.6 Å². The van der Waals surface area contributed by atoms with Gasteiger partial charge in [-0.25, -0.2) is 9.67 Å². The van der Waals surface area contributed by atoms with Crippen LogP contribution in [0.4, 0.5) is 5.13 Å².